The van der Waals surface area contributed by atoms with Crippen LogP contribution in [0.1, 0.15) is 33.3 Å². The quantitative estimate of drug-likeness (QED) is 0.757. The molecule has 0 saturated carbocycles. The van der Waals surface area contributed by atoms with Crippen molar-refractivity contribution < 1.29 is 14.0 Å². The summed E-state index contributed by atoms with van der Waals surface area (Å²) in [6.07, 6.45) is 0.948. The number of hydrogen-bond donors (Lipinski definition) is 0. The standard InChI is InChI=1S/C18H21BO3/c1-17(2)18(3,4)22-19(21-17)14-7-5-6-12-8-9-15-13(16(12)14)10-11-20-15/h5-9H,10-11H2,1-4H3. The largest absolute Gasteiger partial charge is 0.495 e. The SMILES string of the molecule is CC1(C)OB(c2cccc3ccc4c(c23)CCO4)OC1(C)C. The molecule has 0 amide bonds. The van der Waals surface area contributed by atoms with E-state index in [1.165, 1.54) is 16.3 Å². The molecule has 0 unspecified atom stereocenters. The fourth-order valence-electron chi connectivity index (χ4n) is 3.28. The molecule has 2 aromatic rings. The van der Waals surface area contributed by atoms with Crippen molar-refractivity contribution in [2.75, 3.05) is 6.61 Å². The first kappa shape index (κ1) is 14.1. The smallest absolute Gasteiger partial charge is 0.493 e. The van der Waals surface area contributed by atoms with E-state index in [2.05, 4.69) is 58.0 Å². The van der Waals surface area contributed by atoms with Gasteiger partial charge in [0.05, 0.1) is 17.8 Å². The minimum Gasteiger partial charge on any atom is -0.493 e. The highest BCUT2D eigenvalue weighted by atomic mass is 16.7. The van der Waals surface area contributed by atoms with Gasteiger partial charge in [-0.3, -0.25) is 0 Å². The molecule has 2 aliphatic rings. The molecular weight excluding hydrogens is 275 g/mol. The molecule has 22 heavy (non-hydrogen) atoms. The molecule has 114 valence electrons. The lowest BCUT2D eigenvalue weighted by Crippen LogP contribution is -2.41. The molecular formula is C18H21BO3. The molecule has 0 aromatic heterocycles. The maximum Gasteiger partial charge on any atom is 0.495 e. The van der Waals surface area contributed by atoms with Gasteiger partial charge in [0.15, 0.2) is 0 Å². The first-order valence-corrected chi connectivity index (χ1v) is 7.92. The Morgan fingerprint density at radius 1 is 0.955 bits per heavy atom. The lowest BCUT2D eigenvalue weighted by molar-refractivity contribution is 0.00578. The average Bonchev–Trinajstić information content (AvgIpc) is 3.01. The summed E-state index contributed by atoms with van der Waals surface area (Å²) < 4.78 is 18.2. The average molecular weight is 296 g/mol. The van der Waals surface area contributed by atoms with Gasteiger partial charge >= 0.3 is 7.12 Å². The van der Waals surface area contributed by atoms with Crippen molar-refractivity contribution in [2.24, 2.45) is 0 Å². The molecule has 0 radical (unpaired) electrons. The Morgan fingerprint density at radius 2 is 1.68 bits per heavy atom. The topological polar surface area (TPSA) is 27.7 Å². The van der Waals surface area contributed by atoms with E-state index in [4.69, 9.17) is 14.0 Å². The van der Waals surface area contributed by atoms with Crippen molar-refractivity contribution in [1.29, 1.82) is 0 Å². The zero-order chi connectivity index (χ0) is 15.5. The van der Waals surface area contributed by atoms with Gasteiger partial charge in [-0.1, -0.05) is 24.3 Å². The van der Waals surface area contributed by atoms with Gasteiger partial charge in [0, 0.05) is 12.0 Å². The third-order valence-corrected chi connectivity index (χ3v) is 5.26. The molecule has 1 fully saturated rings. The lowest BCUT2D eigenvalue weighted by Gasteiger charge is -2.32. The van der Waals surface area contributed by atoms with Crippen molar-refractivity contribution in [2.45, 2.75) is 45.3 Å². The highest BCUT2D eigenvalue weighted by molar-refractivity contribution is 6.65. The Labute approximate surface area is 131 Å². The van der Waals surface area contributed by atoms with Crippen molar-refractivity contribution in [3.05, 3.63) is 35.9 Å². The van der Waals surface area contributed by atoms with Crippen LogP contribution in [0.15, 0.2) is 30.3 Å². The molecule has 0 atom stereocenters. The van der Waals surface area contributed by atoms with Gasteiger partial charge in [-0.25, -0.2) is 0 Å². The third kappa shape index (κ3) is 1.90. The normalized spacial score (nSPS) is 21.9. The second-order valence-electron chi connectivity index (χ2n) is 7.17. The minimum absolute atomic E-state index is 0.325. The number of ether oxygens (including phenoxy) is 1. The summed E-state index contributed by atoms with van der Waals surface area (Å²) in [7, 11) is -0.333. The molecule has 4 heteroatoms. The van der Waals surface area contributed by atoms with Gasteiger partial charge < -0.3 is 14.0 Å². The molecule has 0 spiro atoms. The van der Waals surface area contributed by atoms with E-state index in [9.17, 15) is 0 Å². The molecule has 4 rings (SSSR count). The number of benzene rings is 2. The number of rotatable bonds is 1. The first-order valence-electron chi connectivity index (χ1n) is 7.92. The molecule has 2 aromatic carbocycles. The molecule has 1 saturated heterocycles. The van der Waals surface area contributed by atoms with Crippen LogP contribution in [0.2, 0.25) is 0 Å². The predicted octanol–water partition coefficient (Wildman–Crippen LogP) is 3.07. The van der Waals surface area contributed by atoms with E-state index in [0.717, 1.165) is 24.2 Å². The monoisotopic (exact) mass is 296 g/mol. The van der Waals surface area contributed by atoms with E-state index in [-0.39, 0.29) is 18.3 Å². The van der Waals surface area contributed by atoms with Crippen molar-refractivity contribution in [3.8, 4) is 5.75 Å². The van der Waals surface area contributed by atoms with Crippen LogP contribution in [0.3, 0.4) is 0 Å². The molecule has 0 bridgehead atoms. The number of hydrogen-bond acceptors (Lipinski definition) is 3. The summed E-state index contributed by atoms with van der Waals surface area (Å²) in [5, 5.41) is 2.45. The van der Waals surface area contributed by atoms with Crippen LogP contribution >= 0.6 is 0 Å². The van der Waals surface area contributed by atoms with Crippen LogP contribution in [0, 0.1) is 0 Å². The van der Waals surface area contributed by atoms with Gasteiger partial charge in [-0.05, 0) is 50.0 Å². The summed E-state index contributed by atoms with van der Waals surface area (Å²) in [5.41, 5.74) is 1.74. The maximum atomic E-state index is 6.25. The van der Waals surface area contributed by atoms with Crippen LogP contribution in [0.4, 0.5) is 0 Å². The predicted molar refractivity (Wildman–Crippen MR) is 88.9 cm³/mol. The zero-order valence-corrected chi connectivity index (χ0v) is 13.6. The van der Waals surface area contributed by atoms with Crippen molar-refractivity contribution in [3.63, 3.8) is 0 Å². The van der Waals surface area contributed by atoms with E-state index in [0.29, 0.717) is 0 Å². The Bertz CT molecular complexity index is 735. The summed E-state index contributed by atoms with van der Waals surface area (Å²) in [6.45, 7) is 9.11. The third-order valence-electron chi connectivity index (χ3n) is 5.26. The van der Waals surface area contributed by atoms with E-state index in [1.54, 1.807) is 0 Å². The summed E-state index contributed by atoms with van der Waals surface area (Å²) in [4.78, 5) is 0. The van der Waals surface area contributed by atoms with Crippen LogP contribution in [0.25, 0.3) is 10.8 Å². The second-order valence-corrected chi connectivity index (χ2v) is 7.17. The summed E-state index contributed by atoms with van der Waals surface area (Å²) in [5.74, 6) is 0.997. The fraction of sp³-hybridized carbons (Fsp3) is 0.444. The highest BCUT2D eigenvalue weighted by Crippen LogP contribution is 2.38. The molecule has 0 N–H and O–H groups in total. The Balaban J connectivity index is 1.89. The van der Waals surface area contributed by atoms with Crippen LogP contribution in [0.5, 0.6) is 5.75 Å². The van der Waals surface area contributed by atoms with Gasteiger partial charge in [-0.15, -0.1) is 0 Å². The second kappa shape index (κ2) is 4.50. The van der Waals surface area contributed by atoms with Crippen LogP contribution < -0.4 is 10.2 Å². The van der Waals surface area contributed by atoms with Crippen molar-refractivity contribution >= 4 is 23.4 Å². The van der Waals surface area contributed by atoms with E-state index >= 15 is 0 Å². The maximum absolute atomic E-state index is 6.25. The van der Waals surface area contributed by atoms with Crippen LogP contribution in [-0.2, 0) is 15.7 Å². The molecule has 2 heterocycles. The van der Waals surface area contributed by atoms with Gasteiger partial charge in [0.2, 0.25) is 0 Å². The molecule has 3 nitrogen and oxygen atoms in total. The van der Waals surface area contributed by atoms with Crippen LogP contribution in [-0.4, -0.2) is 24.9 Å². The van der Waals surface area contributed by atoms with Gasteiger partial charge in [0.1, 0.15) is 5.75 Å². The van der Waals surface area contributed by atoms with Crippen molar-refractivity contribution in [1.82, 2.24) is 0 Å². The Hall–Kier alpha value is -1.52. The molecule has 0 aliphatic carbocycles. The number of fused-ring (bicyclic) bond motifs is 3. The fourth-order valence-corrected chi connectivity index (χ4v) is 3.28. The lowest BCUT2D eigenvalue weighted by atomic mass is 9.75. The first-order chi connectivity index (χ1) is 10.4. The Morgan fingerprint density at radius 3 is 2.41 bits per heavy atom. The highest BCUT2D eigenvalue weighted by Gasteiger charge is 2.52. The summed E-state index contributed by atoms with van der Waals surface area (Å²) >= 11 is 0. The van der Waals surface area contributed by atoms with Gasteiger partial charge in [-0.2, -0.15) is 0 Å². The Kier molecular flexibility index (Phi) is 2.88. The minimum atomic E-state index is -0.333. The molecule has 2 aliphatic heterocycles. The van der Waals surface area contributed by atoms with E-state index < -0.39 is 0 Å². The zero-order valence-electron chi connectivity index (χ0n) is 13.6. The summed E-state index contributed by atoms with van der Waals surface area (Å²) in [6, 6.07) is 10.5. The van der Waals surface area contributed by atoms with E-state index in [1.807, 2.05) is 0 Å². The van der Waals surface area contributed by atoms with Gasteiger partial charge in [0.25, 0.3) is 0 Å².